The minimum atomic E-state index is 0.00263. The molecule has 1 aliphatic rings. The van der Waals surface area contributed by atoms with Crippen LogP contribution in [0.5, 0.6) is 0 Å². The molecule has 1 unspecified atom stereocenters. The van der Waals surface area contributed by atoms with Crippen LogP contribution in [0.15, 0.2) is 24.4 Å². The largest absolute Gasteiger partial charge is 0.324 e. The lowest BCUT2D eigenvalue weighted by Crippen LogP contribution is -2.37. The summed E-state index contributed by atoms with van der Waals surface area (Å²) < 4.78 is 0. The van der Waals surface area contributed by atoms with Gasteiger partial charge in [-0.3, -0.25) is 9.78 Å². The first-order chi connectivity index (χ1) is 10.2. The summed E-state index contributed by atoms with van der Waals surface area (Å²) >= 11 is 6.33. The fourth-order valence-electron chi connectivity index (χ4n) is 2.81. The Bertz CT molecular complexity index is 681. The highest BCUT2D eigenvalue weighted by Gasteiger charge is 2.22. The standard InChI is InChI=1S/C16H18ClN3O/c1-10-8-13(17)15(12-5-3-7-19-14(10)12)20-16(21)11-4-2-6-18-9-11/h3,5,7-8,11,18H,2,4,6,9H2,1H3,(H,20,21). The van der Waals surface area contributed by atoms with Gasteiger partial charge in [0.2, 0.25) is 5.91 Å². The van der Waals surface area contributed by atoms with E-state index in [0.29, 0.717) is 10.7 Å². The fourth-order valence-corrected chi connectivity index (χ4v) is 3.12. The van der Waals surface area contributed by atoms with Gasteiger partial charge in [0, 0.05) is 18.1 Å². The molecule has 2 heterocycles. The molecule has 1 aromatic heterocycles. The lowest BCUT2D eigenvalue weighted by atomic mass is 9.98. The number of aryl methyl sites for hydroxylation is 1. The molecule has 1 fully saturated rings. The van der Waals surface area contributed by atoms with Crippen LogP contribution in [0.4, 0.5) is 5.69 Å². The van der Waals surface area contributed by atoms with Crippen LogP contribution in [-0.4, -0.2) is 24.0 Å². The Hall–Kier alpha value is -1.65. The van der Waals surface area contributed by atoms with Crippen molar-refractivity contribution < 1.29 is 4.79 Å². The zero-order chi connectivity index (χ0) is 14.8. The van der Waals surface area contributed by atoms with Crippen molar-refractivity contribution in [3.05, 3.63) is 35.0 Å². The second-order valence-electron chi connectivity index (χ2n) is 5.48. The van der Waals surface area contributed by atoms with Crippen LogP contribution >= 0.6 is 11.6 Å². The maximum absolute atomic E-state index is 12.4. The Labute approximate surface area is 128 Å². The molecule has 3 rings (SSSR count). The van der Waals surface area contributed by atoms with Crippen LogP contribution in [-0.2, 0) is 4.79 Å². The zero-order valence-electron chi connectivity index (χ0n) is 11.9. The van der Waals surface area contributed by atoms with E-state index in [-0.39, 0.29) is 11.8 Å². The molecule has 4 nitrogen and oxygen atoms in total. The van der Waals surface area contributed by atoms with Gasteiger partial charge in [-0.2, -0.15) is 0 Å². The molecular formula is C16H18ClN3O. The summed E-state index contributed by atoms with van der Waals surface area (Å²) in [5, 5.41) is 7.70. The number of hydrogen-bond acceptors (Lipinski definition) is 3. The van der Waals surface area contributed by atoms with Crippen molar-refractivity contribution in [3.8, 4) is 0 Å². The van der Waals surface area contributed by atoms with Gasteiger partial charge in [0.15, 0.2) is 0 Å². The Morgan fingerprint density at radius 1 is 1.52 bits per heavy atom. The predicted molar refractivity (Wildman–Crippen MR) is 85.7 cm³/mol. The van der Waals surface area contributed by atoms with E-state index in [2.05, 4.69) is 15.6 Å². The lowest BCUT2D eigenvalue weighted by Gasteiger charge is -2.22. The number of benzene rings is 1. The molecule has 0 saturated carbocycles. The molecule has 1 aromatic carbocycles. The van der Waals surface area contributed by atoms with Crippen molar-refractivity contribution in [2.24, 2.45) is 5.92 Å². The summed E-state index contributed by atoms with van der Waals surface area (Å²) in [5.74, 6) is 0.0287. The summed E-state index contributed by atoms with van der Waals surface area (Å²) in [6.45, 7) is 3.69. The van der Waals surface area contributed by atoms with E-state index in [0.717, 1.165) is 42.4 Å². The predicted octanol–water partition coefficient (Wildman–Crippen LogP) is 3.13. The molecule has 1 aliphatic heterocycles. The molecule has 5 heteroatoms. The topological polar surface area (TPSA) is 54.0 Å². The van der Waals surface area contributed by atoms with E-state index in [9.17, 15) is 4.79 Å². The summed E-state index contributed by atoms with van der Waals surface area (Å²) in [6, 6.07) is 5.65. The van der Waals surface area contributed by atoms with Gasteiger partial charge in [-0.25, -0.2) is 0 Å². The van der Waals surface area contributed by atoms with Crippen molar-refractivity contribution in [1.82, 2.24) is 10.3 Å². The van der Waals surface area contributed by atoms with Gasteiger partial charge in [0.1, 0.15) is 0 Å². The minimum Gasteiger partial charge on any atom is -0.324 e. The number of piperidine rings is 1. The molecule has 2 aromatic rings. The van der Waals surface area contributed by atoms with Gasteiger partial charge in [-0.1, -0.05) is 11.6 Å². The normalized spacial score (nSPS) is 18.7. The van der Waals surface area contributed by atoms with Crippen molar-refractivity contribution >= 4 is 34.1 Å². The molecule has 0 aliphatic carbocycles. The second-order valence-corrected chi connectivity index (χ2v) is 5.89. The number of fused-ring (bicyclic) bond motifs is 1. The number of anilines is 1. The molecule has 21 heavy (non-hydrogen) atoms. The summed E-state index contributed by atoms with van der Waals surface area (Å²) in [5.41, 5.74) is 2.55. The number of hydrogen-bond donors (Lipinski definition) is 2. The summed E-state index contributed by atoms with van der Waals surface area (Å²) in [6.07, 6.45) is 3.69. The Morgan fingerprint density at radius 2 is 2.38 bits per heavy atom. The number of carbonyl (C=O) groups is 1. The molecule has 1 amide bonds. The van der Waals surface area contributed by atoms with Crippen LogP contribution < -0.4 is 10.6 Å². The number of rotatable bonds is 2. The number of pyridine rings is 1. The average molecular weight is 304 g/mol. The van der Waals surface area contributed by atoms with Gasteiger partial charge in [-0.15, -0.1) is 0 Å². The number of nitrogens with one attached hydrogen (secondary N) is 2. The van der Waals surface area contributed by atoms with E-state index in [1.807, 2.05) is 25.1 Å². The third-order valence-corrected chi connectivity index (χ3v) is 4.25. The van der Waals surface area contributed by atoms with Crippen molar-refractivity contribution in [3.63, 3.8) is 0 Å². The minimum absolute atomic E-state index is 0.00263. The molecule has 0 radical (unpaired) electrons. The van der Waals surface area contributed by atoms with Crippen molar-refractivity contribution in [2.45, 2.75) is 19.8 Å². The van der Waals surface area contributed by atoms with Crippen molar-refractivity contribution in [1.29, 1.82) is 0 Å². The first-order valence-electron chi connectivity index (χ1n) is 7.22. The first kappa shape index (κ1) is 14.3. The smallest absolute Gasteiger partial charge is 0.228 e. The molecule has 2 N–H and O–H groups in total. The van der Waals surface area contributed by atoms with Crippen LogP contribution in [0.1, 0.15) is 18.4 Å². The quantitative estimate of drug-likeness (QED) is 0.896. The highest BCUT2D eigenvalue weighted by molar-refractivity contribution is 6.35. The van der Waals surface area contributed by atoms with Crippen LogP contribution in [0.2, 0.25) is 5.02 Å². The van der Waals surface area contributed by atoms with E-state index in [1.165, 1.54) is 0 Å². The van der Waals surface area contributed by atoms with E-state index in [1.54, 1.807) is 6.20 Å². The Kier molecular flexibility index (Phi) is 4.08. The number of nitrogens with zero attached hydrogens (tertiary/aromatic N) is 1. The van der Waals surface area contributed by atoms with Crippen molar-refractivity contribution in [2.75, 3.05) is 18.4 Å². The maximum atomic E-state index is 12.4. The highest BCUT2D eigenvalue weighted by Crippen LogP contribution is 2.33. The van der Waals surface area contributed by atoms with Gasteiger partial charge in [0.05, 0.1) is 22.1 Å². The monoisotopic (exact) mass is 303 g/mol. The van der Waals surface area contributed by atoms with Gasteiger partial charge >= 0.3 is 0 Å². The van der Waals surface area contributed by atoms with Crippen LogP contribution in [0.25, 0.3) is 10.9 Å². The molecule has 110 valence electrons. The molecular weight excluding hydrogens is 286 g/mol. The fraction of sp³-hybridized carbons (Fsp3) is 0.375. The van der Waals surface area contributed by atoms with Gasteiger partial charge in [-0.05, 0) is 50.1 Å². The first-order valence-corrected chi connectivity index (χ1v) is 7.60. The SMILES string of the molecule is Cc1cc(Cl)c(NC(=O)C2CCCNC2)c2cccnc12. The number of aromatic nitrogens is 1. The van der Waals surface area contributed by atoms with Gasteiger partial charge in [0.25, 0.3) is 0 Å². The Balaban J connectivity index is 1.94. The molecule has 0 bridgehead atoms. The van der Waals surface area contributed by atoms with Gasteiger partial charge < -0.3 is 10.6 Å². The van der Waals surface area contributed by atoms with Crippen LogP contribution in [0, 0.1) is 12.8 Å². The molecule has 1 atom stereocenters. The maximum Gasteiger partial charge on any atom is 0.228 e. The zero-order valence-corrected chi connectivity index (χ0v) is 12.7. The summed E-state index contributed by atoms with van der Waals surface area (Å²) in [4.78, 5) is 16.8. The van der Waals surface area contributed by atoms with E-state index < -0.39 is 0 Å². The number of amides is 1. The molecule has 0 spiro atoms. The number of halogens is 1. The summed E-state index contributed by atoms with van der Waals surface area (Å²) in [7, 11) is 0. The number of carbonyl (C=O) groups excluding carboxylic acids is 1. The average Bonchev–Trinajstić information content (AvgIpc) is 2.52. The van der Waals surface area contributed by atoms with E-state index >= 15 is 0 Å². The lowest BCUT2D eigenvalue weighted by molar-refractivity contribution is -0.120. The van der Waals surface area contributed by atoms with E-state index in [4.69, 9.17) is 11.6 Å². The highest BCUT2D eigenvalue weighted by atomic mass is 35.5. The third-order valence-electron chi connectivity index (χ3n) is 3.95. The third kappa shape index (κ3) is 2.87. The Morgan fingerprint density at radius 3 is 3.14 bits per heavy atom. The molecule has 1 saturated heterocycles. The second kappa shape index (κ2) is 6.00. The van der Waals surface area contributed by atoms with Crippen LogP contribution in [0.3, 0.4) is 0 Å².